The van der Waals surface area contributed by atoms with E-state index in [4.69, 9.17) is 18.0 Å². The molecule has 0 radical (unpaired) electrons. The number of amides is 1. The van der Waals surface area contributed by atoms with Crippen molar-refractivity contribution >= 4 is 23.3 Å². The van der Waals surface area contributed by atoms with E-state index in [0.29, 0.717) is 4.99 Å². The van der Waals surface area contributed by atoms with Gasteiger partial charge in [-0.3, -0.25) is 0 Å². The molecule has 0 unspecified atom stereocenters. The molecular formula is C8H14N2O2S. The van der Waals surface area contributed by atoms with E-state index < -0.39 is 11.6 Å². The van der Waals surface area contributed by atoms with Crippen molar-refractivity contribution in [3.8, 4) is 0 Å². The molecule has 74 valence electrons. The maximum Gasteiger partial charge on any atom is 0.407 e. The molecule has 0 spiro atoms. The summed E-state index contributed by atoms with van der Waals surface area (Å²) in [7, 11) is 1.33. The molecule has 0 heterocycles. The minimum absolute atomic E-state index is 0.357. The largest absolute Gasteiger partial charge is 0.453 e. The maximum absolute atomic E-state index is 11.0. The zero-order chi connectivity index (χ0) is 9.90. The summed E-state index contributed by atoms with van der Waals surface area (Å²) in [4.78, 5) is 11.4. The smallest absolute Gasteiger partial charge is 0.407 e. The van der Waals surface area contributed by atoms with E-state index in [1.807, 2.05) is 0 Å². The molecule has 1 saturated carbocycles. The summed E-state index contributed by atoms with van der Waals surface area (Å²) < 4.78 is 4.52. The molecule has 0 atom stereocenters. The molecule has 0 saturated heterocycles. The third-order valence-corrected chi connectivity index (χ3v) is 2.85. The van der Waals surface area contributed by atoms with Gasteiger partial charge in [-0.25, -0.2) is 4.79 Å². The summed E-state index contributed by atoms with van der Waals surface area (Å²) in [6, 6.07) is 0. The van der Waals surface area contributed by atoms with Crippen molar-refractivity contribution in [1.82, 2.24) is 5.32 Å². The van der Waals surface area contributed by atoms with Gasteiger partial charge in [0.25, 0.3) is 0 Å². The van der Waals surface area contributed by atoms with Crippen molar-refractivity contribution in [2.24, 2.45) is 5.73 Å². The van der Waals surface area contributed by atoms with Crippen molar-refractivity contribution in [2.75, 3.05) is 7.11 Å². The monoisotopic (exact) mass is 202 g/mol. The lowest BCUT2D eigenvalue weighted by Crippen LogP contribution is -2.54. The zero-order valence-electron chi connectivity index (χ0n) is 7.63. The summed E-state index contributed by atoms with van der Waals surface area (Å²) in [5.74, 6) is 0. The van der Waals surface area contributed by atoms with Gasteiger partial charge < -0.3 is 15.8 Å². The molecule has 1 aliphatic carbocycles. The average Bonchev–Trinajstić information content (AvgIpc) is 2.54. The third kappa shape index (κ3) is 2.09. The Hall–Kier alpha value is -0.840. The van der Waals surface area contributed by atoms with Crippen LogP contribution >= 0.6 is 12.2 Å². The van der Waals surface area contributed by atoms with Gasteiger partial charge in [-0.2, -0.15) is 0 Å². The van der Waals surface area contributed by atoms with E-state index in [9.17, 15) is 4.79 Å². The van der Waals surface area contributed by atoms with Gasteiger partial charge in [-0.15, -0.1) is 0 Å². The molecular weight excluding hydrogens is 188 g/mol. The highest BCUT2D eigenvalue weighted by Gasteiger charge is 2.38. The van der Waals surface area contributed by atoms with Crippen LogP contribution in [-0.2, 0) is 4.74 Å². The second kappa shape index (κ2) is 3.91. The van der Waals surface area contributed by atoms with Gasteiger partial charge in [0.05, 0.1) is 17.6 Å². The van der Waals surface area contributed by atoms with E-state index in [1.54, 1.807) is 0 Å². The van der Waals surface area contributed by atoms with Crippen LogP contribution in [-0.4, -0.2) is 23.7 Å². The Morgan fingerprint density at radius 1 is 1.54 bits per heavy atom. The number of ether oxygens (including phenoxy) is 1. The van der Waals surface area contributed by atoms with Gasteiger partial charge in [0.15, 0.2) is 0 Å². The second-order valence-corrected chi connectivity index (χ2v) is 3.71. The second-order valence-electron chi connectivity index (χ2n) is 3.27. The number of hydrogen-bond donors (Lipinski definition) is 2. The Morgan fingerprint density at radius 3 is 2.46 bits per heavy atom. The molecule has 1 rings (SSSR count). The van der Waals surface area contributed by atoms with Crippen LogP contribution in [0.4, 0.5) is 4.79 Å². The topological polar surface area (TPSA) is 64.3 Å². The Kier molecular flexibility index (Phi) is 3.08. The minimum Gasteiger partial charge on any atom is -0.453 e. The van der Waals surface area contributed by atoms with Crippen molar-refractivity contribution in [3.63, 3.8) is 0 Å². The standard InChI is InChI=1S/C8H14N2O2S/c1-12-7(11)10-8(6(9)13)4-2-3-5-8/h2-5H2,1H3,(H2,9,13)(H,10,11). The number of nitrogens with two attached hydrogens (primary N) is 1. The van der Waals surface area contributed by atoms with Gasteiger partial charge in [-0.05, 0) is 12.8 Å². The third-order valence-electron chi connectivity index (χ3n) is 2.46. The molecule has 0 aliphatic heterocycles. The Balaban J connectivity index is 2.68. The number of carbonyl (C=O) groups excluding carboxylic acids is 1. The molecule has 1 aliphatic rings. The van der Waals surface area contributed by atoms with Crippen LogP contribution in [0.3, 0.4) is 0 Å². The summed E-state index contributed by atoms with van der Waals surface area (Å²) in [6.45, 7) is 0. The highest BCUT2D eigenvalue weighted by molar-refractivity contribution is 7.80. The molecule has 1 fully saturated rings. The first-order valence-electron chi connectivity index (χ1n) is 4.27. The van der Waals surface area contributed by atoms with Crippen molar-refractivity contribution < 1.29 is 9.53 Å². The van der Waals surface area contributed by atoms with E-state index in [2.05, 4.69) is 10.1 Å². The molecule has 0 aromatic heterocycles. The first-order valence-corrected chi connectivity index (χ1v) is 4.67. The predicted molar refractivity (Wildman–Crippen MR) is 53.5 cm³/mol. The predicted octanol–water partition coefficient (Wildman–Crippen LogP) is 0.941. The van der Waals surface area contributed by atoms with Gasteiger partial charge in [-0.1, -0.05) is 25.1 Å². The molecule has 0 aromatic rings. The van der Waals surface area contributed by atoms with E-state index in [1.165, 1.54) is 7.11 Å². The van der Waals surface area contributed by atoms with Gasteiger partial charge in [0.2, 0.25) is 0 Å². The van der Waals surface area contributed by atoms with Crippen LogP contribution in [0, 0.1) is 0 Å². The Bertz CT molecular complexity index is 224. The number of alkyl carbamates (subject to hydrolysis) is 1. The molecule has 1 amide bonds. The summed E-state index contributed by atoms with van der Waals surface area (Å²) in [5, 5.41) is 2.71. The fourth-order valence-corrected chi connectivity index (χ4v) is 1.91. The maximum atomic E-state index is 11.0. The Labute approximate surface area is 82.8 Å². The van der Waals surface area contributed by atoms with E-state index in [0.717, 1.165) is 25.7 Å². The first kappa shape index (κ1) is 10.2. The highest BCUT2D eigenvalue weighted by Crippen LogP contribution is 2.29. The lowest BCUT2D eigenvalue weighted by atomic mass is 9.98. The minimum atomic E-state index is -0.498. The number of nitrogens with one attached hydrogen (secondary N) is 1. The normalized spacial score (nSPS) is 19.5. The average molecular weight is 202 g/mol. The van der Waals surface area contributed by atoms with Gasteiger partial charge >= 0.3 is 6.09 Å². The summed E-state index contributed by atoms with van der Waals surface area (Å²) >= 11 is 4.94. The van der Waals surface area contributed by atoms with Crippen LogP contribution in [0.5, 0.6) is 0 Å². The van der Waals surface area contributed by atoms with Crippen molar-refractivity contribution in [3.05, 3.63) is 0 Å². The number of hydrogen-bond acceptors (Lipinski definition) is 3. The van der Waals surface area contributed by atoms with Crippen LogP contribution in [0.1, 0.15) is 25.7 Å². The number of rotatable bonds is 2. The number of thiocarbonyl (C=S) groups is 1. The number of methoxy groups -OCH3 is 1. The van der Waals surface area contributed by atoms with Crippen LogP contribution in [0.25, 0.3) is 0 Å². The van der Waals surface area contributed by atoms with Crippen LogP contribution in [0.15, 0.2) is 0 Å². The van der Waals surface area contributed by atoms with Crippen LogP contribution in [0.2, 0.25) is 0 Å². The molecule has 3 N–H and O–H groups in total. The molecule has 5 heteroatoms. The molecule has 0 aromatic carbocycles. The van der Waals surface area contributed by atoms with Crippen molar-refractivity contribution in [1.29, 1.82) is 0 Å². The molecule has 0 bridgehead atoms. The quantitative estimate of drug-likeness (QED) is 0.654. The highest BCUT2D eigenvalue weighted by atomic mass is 32.1. The van der Waals surface area contributed by atoms with Gasteiger partial charge in [0, 0.05) is 0 Å². The summed E-state index contributed by atoms with van der Waals surface area (Å²) in [6.07, 6.45) is 3.26. The lowest BCUT2D eigenvalue weighted by molar-refractivity contribution is 0.163. The molecule has 13 heavy (non-hydrogen) atoms. The van der Waals surface area contributed by atoms with Crippen LogP contribution < -0.4 is 11.1 Å². The first-order chi connectivity index (χ1) is 6.10. The van der Waals surface area contributed by atoms with Gasteiger partial charge in [0.1, 0.15) is 0 Å². The fourth-order valence-electron chi connectivity index (χ4n) is 1.66. The summed E-state index contributed by atoms with van der Waals surface area (Å²) in [5.41, 5.74) is 5.10. The SMILES string of the molecule is COC(=O)NC1(C(N)=S)CCCC1. The van der Waals surface area contributed by atoms with Crippen molar-refractivity contribution in [2.45, 2.75) is 31.2 Å². The van der Waals surface area contributed by atoms with E-state index >= 15 is 0 Å². The fraction of sp³-hybridized carbons (Fsp3) is 0.750. The number of carbonyl (C=O) groups is 1. The molecule has 4 nitrogen and oxygen atoms in total. The zero-order valence-corrected chi connectivity index (χ0v) is 8.45. The van der Waals surface area contributed by atoms with E-state index in [-0.39, 0.29) is 0 Å². The Morgan fingerprint density at radius 2 is 2.08 bits per heavy atom. The lowest BCUT2D eigenvalue weighted by Gasteiger charge is -2.27.